The summed E-state index contributed by atoms with van der Waals surface area (Å²) in [7, 11) is 1.50. The molecule has 186 valence electrons. The monoisotopic (exact) mass is 616 g/mol. The molecule has 0 aliphatic carbocycles. The molecule has 0 saturated carbocycles. The number of hydrazone groups is 1. The number of rotatable bonds is 9. The summed E-state index contributed by atoms with van der Waals surface area (Å²) in [6, 6.07) is 16.9. The molecule has 0 saturated heterocycles. The fourth-order valence-electron chi connectivity index (χ4n) is 3.38. The van der Waals surface area contributed by atoms with Crippen molar-refractivity contribution in [2.24, 2.45) is 12.1 Å². The fraction of sp³-hybridized carbons (Fsp3) is 0.167. The van der Waals surface area contributed by atoms with Gasteiger partial charge in [0.1, 0.15) is 18.5 Å². The Morgan fingerprint density at radius 3 is 2.67 bits per heavy atom. The highest BCUT2D eigenvalue weighted by Gasteiger charge is 2.20. The Bertz CT molecular complexity index is 1520. The number of aryl methyl sites for hydroxylation is 1. The molecule has 0 aliphatic heterocycles. The van der Waals surface area contributed by atoms with Gasteiger partial charge in [-0.1, -0.05) is 46.3 Å². The lowest BCUT2D eigenvalue weighted by atomic mass is 10.2. The topological polar surface area (TPSA) is 127 Å². The van der Waals surface area contributed by atoms with Crippen LogP contribution in [0.3, 0.4) is 0 Å². The van der Waals surface area contributed by atoms with Crippen LogP contribution >= 0.6 is 31.9 Å². The van der Waals surface area contributed by atoms with Crippen molar-refractivity contribution in [3.8, 4) is 5.75 Å². The summed E-state index contributed by atoms with van der Waals surface area (Å²) < 4.78 is 9.94. The number of allylic oxidation sites excluding steroid dienone is 1. The van der Waals surface area contributed by atoms with Gasteiger partial charge >= 0.3 is 5.69 Å². The third-order valence-corrected chi connectivity index (χ3v) is 6.08. The number of aliphatic hydroxyl groups excluding tert-OH is 1. The standard InChI is InChI=1S/C24H22Br2N6O4/c1-31-21-20(22(34)29-24(31)35)32(13-18(33)14-36-19-9-7-16(25)8-10-19)23(28-21)30-27-12-17(26)11-15-5-3-2-4-6-15/h2-12,18,33H,13-14H2,1H3,(H,28,30)(H,29,34,35). The molecule has 12 heteroatoms. The highest BCUT2D eigenvalue weighted by Crippen LogP contribution is 2.19. The molecule has 1 atom stereocenters. The summed E-state index contributed by atoms with van der Waals surface area (Å²) in [5.74, 6) is 0.765. The fourth-order valence-corrected chi connectivity index (χ4v) is 4.01. The van der Waals surface area contributed by atoms with Gasteiger partial charge in [-0.3, -0.25) is 14.3 Å². The van der Waals surface area contributed by atoms with Crippen molar-refractivity contribution < 1.29 is 9.84 Å². The third kappa shape index (κ3) is 6.20. The van der Waals surface area contributed by atoms with Crippen LogP contribution in [0.15, 0.2) is 78.2 Å². The zero-order valence-electron chi connectivity index (χ0n) is 19.1. The molecule has 36 heavy (non-hydrogen) atoms. The largest absolute Gasteiger partial charge is 0.491 e. The lowest BCUT2D eigenvalue weighted by molar-refractivity contribution is 0.0938. The van der Waals surface area contributed by atoms with Crippen LogP contribution in [0.1, 0.15) is 5.56 Å². The highest BCUT2D eigenvalue weighted by atomic mass is 79.9. The van der Waals surface area contributed by atoms with Gasteiger partial charge in [0, 0.05) is 16.0 Å². The van der Waals surface area contributed by atoms with Crippen molar-refractivity contribution in [2.45, 2.75) is 12.6 Å². The number of imidazole rings is 1. The number of fused-ring (bicyclic) bond motifs is 1. The normalized spacial score (nSPS) is 12.8. The summed E-state index contributed by atoms with van der Waals surface area (Å²) in [5, 5.41) is 14.9. The van der Waals surface area contributed by atoms with Gasteiger partial charge in [-0.05, 0) is 51.8 Å². The van der Waals surface area contributed by atoms with E-state index < -0.39 is 17.4 Å². The van der Waals surface area contributed by atoms with Gasteiger partial charge in [0.05, 0.1) is 12.8 Å². The molecule has 10 nitrogen and oxygen atoms in total. The van der Waals surface area contributed by atoms with E-state index in [2.05, 4.69) is 52.4 Å². The van der Waals surface area contributed by atoms with Crippen molar-refractivity contribution in [1.82, 2.24) is 19.1 Å². The maximum atomic E-state index is 12.6. The number of aliphatic hydroxyl groups is 1. The first kappa shape index (κ1) is 25.6. The number of nitrogens with zero attached hydrogens (tertiary/aromatic N) is 4. The Morgan fingerprint density at radius 2 is 1.94 bits per heavy atom. The van der Waals surface area contributed by atoms with E-state index in [0.29, 0.717) is 10.2 Å². The SMILES string of the molecule is Cn1c(=O)[nH]c(=O)c2c1nc(NN=CC(Br)=Cc1ccccc1)n2CC(O)COc1ccc(Br)cc1. The Morgan fingerprint density at radius 1 is 1.22 bits per heavy atom. The van der Waals surface area contributed by atoms with E-state index in [0.717, 1.165) is 10.0 Å². The summed E-state index contributed by atoms with van der Waals surface area (Å²) >= 11 is 6.81. The Balaban J connectivity index is 1.58. The van der Waals surface area contributed by atoms with E-state index in [1.54, 1.807) is 12.1 Å². The maximum absolute atomic E-state index is 12.6. The minimum atomic E-state index is -0.989. The van der Waals surface area contributed by atoms with E-state index in [1.165, 1.54) is 22.4 Å². The van der Waals surface area contributed by atoms with Crippen molar-refractivity contribution in [2.75, 3.05) is 12.0 Å². The van der Waals surface area contributed by atoms with Crippen LogP contribution in [0.25, 0.3) is 17.2 Å². The predicted octanol–water partition coefficient (Wildman–Crippen LogP) is 3.46. The average molecular weight is 618 g/mol. The van der Waals surface area contributed by atoms with Gasteiger partial charge in [-0.15, -0.1) is 0 Å². The van der Waals surface area contributed by atoms with Crippen LogP contribution in [0.5, 0.6) is 5.75 Å². The molecule has 2 heterocycles. The zero-order chi connectivity index (χ0) is 25.7. The molecule has 0 aliphatic rings. The lowest BCUT2D eigenvalue weighted by Gasteiger charge is -2.15. The molecule has 2 aromatic carbocycles. The number of ether oxygens (including phenoxy) is 1. The van der Waals surface area contributed by atoms with Gasteiger partial charge < -0.3 is 14.4 Å². The number of H-pyrrole nitrogens is 1. The number of hydrogen-bond acceptors (Lipinski definition) is 7. The van der Waals surface area contributed by atoms with Gasteiger partial charge in [0.15, 0.2) is 11.2 Å². The number of hydrogen-bond donors (Lipinski definition) is 3. The average Bonchev–Trinajstić information content (AvgIpc) is 3.21. The second kappa shape index (κ2) is 11.5. The van der Waals surface area contributed by atoms with Gasteiger partial charge in [-0.25, -0.2) is 10.2 Å². The summed E-state index contributed by atoms with van der Waals surface area (Å²) in [6.45, 7) is -0.0633. The smallest absolute Gasteiger partial charge is 0.329 e. The first-order chi connectivity index (χ1) is 17.3. The number of aromatic nitrogens is 4. The summed E-state index contributed by atoms with van der Waals surface area (Å²) in [5.41, 5.74) is 2.85. The Hall–Kier alpha value is -3.48. The maximum Gasteiger partial charge on any atom is 0.329 e. The number of anilines is 1. The Labute approximate surface area is 222 Å². The molecular formula is C24H22Br2N6O4. The molecule has 0 radical (unpaired) electrons. The molecule has 3 N–H and O–H groups in total. The summed E-state index contributed by atoms with van der Waals surface area (Å²) in [4.78, 5) is 31.4. The second-order valence-electron chi connectivity index (χ2n) is 7.77. The first-order valence-corrected chi connectivity index (χ1v) is 12.4. The van der Waals surface area contributed by atoms with Crippen LogP contribution in [0.2, 0.25) is 0 Å². The number of benzene rings is 2. The van der Waals surface area contributed by atoms with E-state index in [1.807, 2.05) is 48.5 Å². The predicted molar refractivity (Wildman–Crippen MR) is 147 cm³/mol. The van der Waals surface area contributed by atoms with E-state index in [-0.39, 0.29) is 30.3 Å². The minimum absolute atomic E-state index is 0.0287. The van der Waals surface area contributed by atoms with Gasteiger partial charge in [0.2, 0.25) is 5.95 Å². The first-order valence-electron chi connectivity index (χ1n) is 10.8. The number of halogens is 2. The highest BCUT2D eigenvalue weighted by molar-refractivity contribution is 9.12. The van der Waals surface area contributed by atoms with Crippen LogP contribution in [-0.4, -0.2) is 43.1 Å². The molecule has 0 spiro atoms. The third-order valence-electron chi connectivity index (χ3n) is 5.11. The number of aromatic amines is 1. The van der Waals surface area contributed by atoms with Crippen LogP contribution in [-0.2, 0) is 13.6 Å². The van der Waals surface area contributed by atoms with Gasteiger partial charge in [0.25, 0.3) is 5.56 Å². The minimum Gasteiger partial charge on any atom is -0.491 e. The van der Waals surface area contributed by atoms with E-state index >= 15 is 0 Å². The van der Waals surface area contributed by atoms with Crippen LogP contribution in [0.4, 0.5) is 5.95 Å². The number of nitrogens with one attached hydrogen (secondary N) is 2. The van der Waals surface area contributed by atoms with Crippen LogP contribution < -0.4 is 21.4 Å². The van der Waals surface area contributed by atoms with Crippen molar-refractivity contribution in [3.63, 3.8) is 0 Å². The zero-order valence-corrected chi connectivity index (χ0v) is 22.2. The van der Waals surface area contributed by atoms with Crippen LogP contribution in [0, 0.1) is 0 Å². The van der Waals surface area contributed by atoms with Crippen molar-refractivity contribution in [3.05, 3.63) is 90.0 Å². The van der Waals surface area contributed by atoms with Gasteiger partial charge in [-0.2, -0.15) is 10.1 Å². The van der Waals surface area contributed by atoms with Crippen molar-refractivity contribution >= 4 is 61.3 Å². The molecule has 4 aromatic rings. The molecule has 2 aromatic heterocycles. The molecule has 0 fully saturated rings. The molecule has 4 rings (SSSR count). The molecule has 0 bridgehead atoms. The lowest BCUT2D eigenvalue weighted by Crippen LogP contribution is -2.30. The van der Waals surface area contributed by atoms with E-state index in [4.69, 9.17) is 4.74 Å². The molecular weight excluding hydrogens is 596 g/mol. The molecule has 0 amide bonds. The second-order valence-corrected chi connectivity index (χ2v) is 9.60. The molecule has 1 unspecified atom stereocenters. The van der Waals surface area contributed by atoms with Crippen molar-refractivity contribution in [1.29, 1.82) is 0 Å². The van der Waals surface area contributed by atoms with E-state index in [9.17, 15) is 14.7 Å². The Kier molecular flexibility index (Phi) is 8.18. The quantitative estimate of drug-likeness (QED) is 0.195. The summed E-state index contributed by atoms with van der Waals surface area (Å²) in [6.07, 6.45) is 2.43.